The molecule has 0 bridgehead atoms. The molecule has 0 unspecified atom stereocenters. The number of imidazole rings is 1. The standard InChI is InChI=1S/C13H20N8/c1-12(2)8(13(12,3)4)16-9-17-10(20-14)19-11(18-9)21-6-5-15-7-21/h5-8H,14H2,1-4H3,(H2,16,17,18,19,20). The van der Waals surface area contributed by atoms with Gasteiger partial charge in [-0.1, -0.05) is 27.7 Å². The van der Waals surface area contributed by atoms with E-state index in [-0.39, 0.29) is 10.8 Å². The van der Waals surface area contributed by atoms with E-state index in [1.54, 1.807) is 23.3 Å². The van der Waals surface area contributed by atoms with Gasteiger partial charge in [-0.25, -0.2) is 10.8 Å². The number of hydrogen-bond acceptors (Lipinski definition) is 7. The van der Waals surface area contributed by atoms with E-state index in [0.29, 0.717) is 23.9 Å². The van der Waals surface area contributed by atoms with Crippen molar-refractivity contribution in [3.05, 3.63) is 18.7 Å². The van der Waals surface area contributed by atoms with Crippen LogP contribution in [0.4, 0.5) is 11.9 Å². The Balaban J connectivity index is 1.91. The second-order valence-electron chi connectivity index (χ2n) is 6.42. The lowest BCUT2D eigenvalue weighted by Gasteiger charge is -2.10. The third-order valence-corrected chi connectivity index (χ3v) is 4.78. The Hall–Kier alpha value is -2.22. The molecule has 8 heteroatoms. The van der Waals surface area contributed by atoms with Crippen molar-refractivity contribution in [3.8, 4) is 5.95 Å². The third-order valence-electron chi connectivity index (χ3n) is 4.78. The molecule has 1 saturated carbocycles. The summed E-state index contributed by atoms with van der Waals surface area (Å²) in [4.78, 5) is 16.9. The highest BCUT2D eigenvalue weighted by Crippen LogP contribution is 2.63. The number of nitrogens with zero attached hydrogens (tertiary/aromatic N) is 5. The molecule has 0 aliphatic heterocycles. The van der Waals surface area contributed by atoms with E-state index in [1.807, 2.05) is 0 Å². The maximum absolute atomic E-state index is 5.44. The average molecular weight is 288 g/mol. The first-order valence-electron chi connectivity index (χ1n) is 6.84. The largest absolute Gasteiger partial charge is 0.350 e. The van der Waals surface area contributed by atoms with Crippen LogP contribution in [0.25, 0.3) is 5.95 Å². The monoisotopic (exact) mass is 288 g/mol. The van der Waals surface area contributed by atoms with E-state index in [9.17, 15) is 0 Å². The van der Waals surface area contributed by atoms with Crippen molar-refractivity contribution in [3.63, 3.8) is 0 Å². The zero-order valence-corrected chi connectivity index (χ0v) is 12.6. The molecule has 1 aliphatic carbocycles. The van der Waals surface area contributed by atoms with Crippen LogP contribution in [0, 0.1) is 10.8 Å². The van der Waals surface area contributed by atoms with Crippen LogP contribution in [0.1, 0.15) is 27.7 Å². The molecule has 0 amide bonds. The summed E-state index contributed by atoms with van der Waals surface area (Å²) >= 11 is 0. The number of nitrogen functional groups attached to an aromatic ring is 1. The van der Waals surface area contributed by atoms with Crippen LogP contribution < -0.4 is 16.6 Å². The highest BCUT2D eigenvalue weighted by Gasteiger charge is 2.65. The average Bonchev–Trinajstić information content (AvgIpc) is 2.88. The lowest BCUT2D eigenvalue weighted by atomic mass is 10.0. The molecule has 0 radical (unpaired) electrons. The normalized spacial score (nSPS) is 19.3. The van der Waals surface area contributed by atoms with Gasteiger partial charge < -0.3 is 5.32 Å². The summed E-state index contributed by atoms with van der Waals surface area (Å²) in [6, 6.07) is 0.300. The molecule has 2 aromatic heterocycles. The number of anilines is 2. The Labute approximate surface area is 123 Å². The first kappa shape index (κ1) is 13.7. The number of nitrogens with one attached hydrogen (secondary N) is 2. The molecule has 8 nitrogen and oxygen atoms in total. The second kappa shape index (κ2) is 4.39. The van der Waals surface area contributed by atoms with E-state index in [1.165, 1.54) is 0 Å². The van der Waals surface area contributed by atoms with Gasteiger partial charge in [0, 0.05) is 18.4 Å². The molecule has 1 aliphatic rings. The summed E-state index contributed by atoms with van der Waals surface area (Å²) < 4.78 is 1.71. The topological polar surface area (TPSA) is 107 Å². The van der Waals surface area contributed by atoms with Crippen molar-refractivity contribution in [2.45, 2.75) is 33.7 Å². The zero-order valence-electron chi connectivity index (χ0n) is 12.6. The van der Waals surface area contributed by atoms with Crippen molar-refractivity contribution < 1.29 is 0 Å². The Morgan fingerprint density at radius 1 is 1.10 bits per heavy atom. The molecule has 0 atom stereocenters. The Bertz CT molecular complexity index is 632. The first-order valence-corrected chi connectivity index (χ1v) is 6.84. The van der Waals surface area contributed by atoms with E-state index >= 15 is 0 Å². The van der Waals surface area contributed by atoms with E-state index in [4.69, 9.17) is 5.84 Å². The van der Waals surface area contributed by atoms with Gasteiger partial charge in [-0.15, -0.1) is 0 Å². The maximum Gasteiger partial charge on any atom is 0.243 e. The zero-order chi connectivity index (χ0) is 15.3. The molecular weight excluding hydrogens is 268 g/mol. The summed E-state index contributed by atoms with van der Waals surface area (Å²) in [6.45, 7) is 8.91. The van der Waals surface area contributed by atoms with E-state index < -0.39 is 0 Å². The minimum atomic E-state index is 0.186. The van der Waals surface area contributed by atoms with Gasteiger partial charge in [-0.3, -0.25) is 9.99 Å². The summed E-state index contributed by atoms with van der Waals surface area (Å²) in [7, 11) is 0. The highest BCUT2D eigenvalue weighted by molar-refractivity contribution is 5.42. The van der Waals surface area contributed by atoms with E-state index in [0.717, 1.165) is 0 Å². The Kier molecular flexibility index (Phi) is 2.87. The number of nitrogens with two attached hydrogens (primary N) is 1. The molecule has 2 aromatic rings. The van der Waals surface area contributed by atoms with Gasteiger partial charge in [0.15, 0.2) is 0 Å². The molecule has 0 aromatic carbocycles. The SMILES string of the molecule is CC1(C)C(Nc2nc(NN)nc(-n3ccnc3)n2)C1(C)C. The quantitative estimate of drug-likeness (QED) is 0.573. The van der Waals surface area contributed by atoms with Gasteiger partial charge in [-0.05, 0) is 10.8 Å². The van der Waals surface area contributed by atoms with Crippen LogP contribution >= 0.6 is 0 Å². The second-order valence-corrected chi connectivity index (χ2v) is 6.42. The lowest BCUT2D eigenvalue weighted by molar-refractivity contribution is 0.457. The minimum Gasteiger partial charge on any atom is -0.350 e. The smallest absolute Gasteiger partial charge is 0.243 e. The highest BCUT2D eigenvalue weighted by atomic mass is 15.4. The third kappa shape index (κ3) is 2.11. The van der Waals surface area contributed by atoms with Crippen LogP contribution in [0.5, 0.6) is 0 Å². The number of hydrogen-bond donors (Lipinski definition) is 3. The maximum atomic E-state index is 5.44. The molecule has 0 spiro atoms. The predicted octanol–water partition coefficient (Wildman–Crippen LogP) is 1.19. The lowest BCUT2D eigenvalue weighted by Crippen LogP contribution is -2.18. The molecule has 0 saturated heterocycles. The molecular formula is C13H20N8. The van der Waals surface area contributed by atoms with E-state index in [2.05, 4.69) is 58.4 Å². The van der Waals surface area contributed by atoms with Gasteiger partial charge in [0.25, 0.3) is 0 Å². The molecule has 1 fully saturated rings. The number of rotatable bonds is 4. The fourth-order valence-corrected chi connectivity index (χ4v) is 2.67. The van der Waals surface area contributed by atoms with Crippen molar-refractivity contribution >= 4 is 11.9 Å². The number of aromatic nitrogens is 5. The molecule has 112 valence electrons. The van der Waals surface area contributed by atoms with Crippen LogP contribution in [-0.4, -0.2) is 30.5 Å². The summed E-state index contributed by atoms with van der Waals surface area (Å²) in [5.41, 5.74) is 2.84. The van der Waals surface area contributed by atoms with Gasteiger partial charge >= 0.3 is 0 Å². The van der Waals surface area contributed by atoms with Crippen LogP contribution in [0.15, 0.2) is 18.7 Å². The van der Waals surface area contributed by atoms with Gasteiger partial charge in [0.1, 0.15) is 6.33 Å². The predicted molar refractivity (Wildman–Crippen MR) is 79.7 cm³/mol. The molecule has 21 heavy (non-hydrogen) atoms. The Morgan fingerprint density at radius 2 is 1.76 bits per heavy atom. The summed E-state index contributed by atoms with van der Waals surface area (Å²) in [5.74, 6) is 6.72. The summed E-state index contributed by atoms with van der Waals surface area (Å²) in [5, 5.41) is 3.38. The van der Waals surface area contributed by atoms with Crippen LogP contribution in [0.3, 0.4) is 0 Å². The van der Waals surface area contributed by atoms with Gasteiger partial charge in [0.2, 0.25) is 17.8 Å². The van der Waals surface area contributed by atoms with Gasteiger partial charge in [0.05, 0.1) is 0 Å². The molecule has 2 heterocycles. The molecule has 4 N–H and O–H groups in total. The van der Waals surface area contributed by atoms with Crippen molar-refractivity contribution in [1.82, 2.24) is 24.5 Å². The van der Waals surface area contributed by atoms with Crippen molar-refractivity contribution in [2.75, 3.05) is 10.7 Å². The van der Waals surface area contributed by atoms with Gasteiger partial charge in [-0.2, -0.15) is 15.0 Å². The summed E-state index contributed by atoms with van der Waals surface area (Å²) in [6.07, 6.45) is 5.06. The number of hydrazine groups is 1. The van der Waals surface area contributed by atoms with Crippen molar-refractivity contribution in [1.29, 1.82) is 0 Å². The van der Waals surface area contributed by atoms with Crippen LogP contribution in [-0.2, 0) is 0 Å². The Morgan fingerprint density at radius 3 is 2.29 bits per heavy atom. The first-order chi connectivity index (χ1) is 9.86. The fourth-order valence-electron chi connectivity index (χ4n) is 2.67. The molecule has 3 rings (SSSR count). The van der Waals surface area contributed by atoms with Crippen LogP contribution in [0.2, 0.25) is 0 Å². The van der Waals surface area contributed by atoms with Crippen molar-refractivity contribution in [2.24, 2.45) is 16.7 Å². The minimum absolute atomic E-state index is 0.186. The fraction of sp³-hybridized carbons (Fsp3) is 0.538.